The molecule has 4 heterocycles. The molecule has 4 nitrogen and oxygen atoms in total. The fourth-order valence-electron chi connectivity index (χ4n) is 11.9. The summed E-state index contributed by atoms with van der Waals surface area (Å²) < 4.78 is 5.18. The number of hydrogen-bond acceptors (Lipinski definition) is 2. The second kappa shape index (κ2) is 16.0. The number of benzene rings is 8. The summed E-state index contributed by atoms with van der Waals surface area (Å²) in [5, 5.41) is 9.23. The summed E-state index contributed by atoms with van der Waals surface area (Å²) in [5.74, 6) is 1.87. The Labute approximate surface area is 411 Å². The van der Waals surface area contributed by atoms with Crippen LogP contribution in [-0.2, 0) is 6.42 Å². The van der Waals surface area contributed by atoms with Crippen molar-refractivity contribution in [2.45, 2.75) is 91.9 Å². The molecule has 70 heavy (non-hydrogen) atoms. The molecule has 0 N–H and O–H groups in total. The summed E-state index contributed by atoms with van der Waals surface area (Å²) in [6.45, 7) is 18.1. The maximum Gasteiger partial charge on any atom is 0.0620 e. The maximum absolute atomic E-state index is 2.60. The molecule has 0 bridgehead atoms. The van der Waals surface area contributed by atoms with Gasteiger partial charge in [0.2, 0.25) is 0 Å². The van der Waals surface area contributed by atoms with Crippen LogP contribution in [0.1, 0.15) is 113 Å². The summed E-state index contributed by atoms with van der Waals surface area (Å²) >= 11 is 0. The molecule has 0 saturated heterocycles. The molecule has 8 aromatic carbocycles. The Hall–Kier alpha value is -7.56. The van der Waals surface area contributed by atoms with Crippen molar-refractivity contribution in [2.75, 3.05) is 9.80 Å². The average molecular weight is 909 g/mol. The Morgan fingerprint density at radius 1 is 0.343 bits per heavy atom. The zero-order valence-electron chi connectivity index (χ0n) is 41.7. The molecular weight excluding hydrogens is 849 g/mol. The van der Waals surface area contributed by atoms with Gasteiger partial charge in [-0.3, -0.25) is 0 Å². The Balaban J connectivity index is 1.02. The molecule has 0 saturated carbocycles. The van der Waals surface area contributed by atoms with Crippen LogP contribution in [0.15, 0.2) is 164 Å². The SMILES string of the molecule is CC(C)c1ccc(N(c2ccc(C(C)C)cc2)c2ccc3c4c5c(c6cc7c(cc6n5c3c2)c2cccc3c5ccc(N(c6ccc(C(C)C)cc6)c6ccc(C(C)C)cc6)cc5n7c32)CCC=4)cc1. The Kier molecular flexibility index (Phi) is 9.72. The predicted octanol–water partition coefficient (Wildman–Crippen LogP) is 18.3. The smallest absolute Gasteiger partial charge is 0.0620 e. The lowest BCUT2D eigenvalue weighted by Gasteiger charge is -2.26. The van der Waals surface area contributed by atoms with E-state index in [0.29, 0.717) is 23.7 Å². The summed E-state index contributed by atoms with van der Waals surface area (Å²) in [4.78, 5) is 4.87. The van der Waals surface area contributed by atoms with E-state index in [1.165, 1.54) is 98.5 Å². The molecule has 0 unspecified atom stereocenters. The van der Waals surface area contributed by atoms with Gasteiger partial charge in [0.05, 0.1) is 33.1 Å². The topological polar surface area (TPSA) is 15.3 Å². The van der Waals surface area contributed by atoms with Crippen LogP contribution in [0.3, 0.4) is 0 Å². The van der Waals surface area contributed by atoms with Crippen molar-refractivity contribution in [2.24, 2.45) is 0 Å². The van der Waals surface area contributed by atoms with Gasteiger partial charge in [-0.15, -0.1) is 0 Å². The first-order chi connectivity index (χ1) is 34.0. The average Bonchev–Trinajstić information content (AvgIpc) is 4.10. The molecule has 0 amide bonds. The quantitative estimate of drug-likeness (QED) is 0.136. The van der Waals surface area contributed by atoms with Crippen LogP contribution in [0, 0.1) is 0 Å². The van der Waals surface area contributed by atoms with E-state index < -0.39 is 0 Å². The van der Waals surface area contributed by atoms with Gasteiger partial charge in [0.25, 0.3) is 0 Å². The maximum atomic E-state index is 2.60. The number of para-hydroxylation sites is 1. The number of hydrogen-bond donors (Lipinski definition) is 0. The van der Waals surface area contributed by atoms with E-state index in [0.717, 1.165) is 47.0 Å². The molecule has 12 aromatic rings. The summed E-state index contributed by atoms with van der Waals surface area (Å²) in [5.41, 5.74) is 21.5. The fourth-order valence-corrected chi connectivity index (χ4v) is 11.9. The second-order valence-corrected chi connectivity index (χ2v) is 21.3. The zero-order valence-corrected chi connectivity index (χ0v) is 41.7. The van der Waals surface area contributed by atoms with Crippen LogP contribution >= 0.6 is 0 Å². The highest BCUT2D eigenvalue weighted by atomic mass is 15.1. The molecule has 1 aliphatic carbocycles. The predicted molar refractivity (Wildman–Crippen MR) is 301 cm³/mol. The van der Waals surface area contributed by atoms with Crippen LogP contribution in [0.5, 0.6) is 0 Å². The monoisotopic (exact) mass is 908 g/mol. The van der Waals surface area contributed by atoms with E-state index in [1.807, 2.05) is 0 Å². The van der Waals surface area contributed by atoms with E-state index in [-0.39, 0.29) is 0 Å². The molecule has 4 heteroatoms. The van der Waals surface area contributed by atoms with Gasteiger partial charge in [0.1, 0.15) is 0 Å². The zero-order chi connectivity index (χ0) is 47.7. The summed E-state index contributed by atoms with van der Waals surface area (Å²) in [6, 6.07) is 63.0. The third kappa shape index (κ3) is 6.42. The molecule has 0 radical (unpaired) electrons. The Bertz CT molecular complexity index is 3930. The highest BCUT2D eigenvalue weighted by molar-refractivity contribution is 6.25. The first kappa shape index (κ1) is 42.5. The van der Waals surface area contributed by atoms with E-state index in [9.17, 15) is 0 Å². The first-order valence-corrected chi connectivity index (χ1v) is 25.7. The molecular formula is C66H60N4. The van der Waals surface area contributed by atoms with Gasteiger partial charge >= 0.3 is 0 Å². The van der Waals surface area contributed by atoms with E-state index >= 15 is 0 Å². The van der Waals surface area contributed by atoms with Crippen molar-refractivity contribution < 1.29 is 0 Å². The largest absolute Gasteiger partial charge is 0.310 e. The number of fused-ring (bicyclic) bond motifs is 12. The van der Waals surface area contributed by atoms with E-state index in [2.05, 4.69) is 244 Å². The molecule has 4 aromatic heterocycles. The highest BCUT2D eigenvalue weighted by Crippen LogP contribution is 2.46. The number of aryl methyl sites for hydroxylation is 1. The lowest BCUT2D eigenvalue weighted by Crippen LogP contribution is -2.10. The molecule has 0 atom stereocenters. The summed E-state index contributed by atoms with van der Waals surface area (Å²) in [6.07, 6.45) is 4.54. The number of aromatic nitrogens is 2. The van der Waals surface area contributed by atoms with Crippen LogP contribution in [-0.4, -0.2) is 8.80 Å². The number of nitrogens with zero attached hydrogens (tertiary/aromatic N) is 4. The number of rotatable bonds is 10. The van der Waals surface area contributed by atoms with Crippen LogP contribution in [0.25, 0.3) is 71.5 Å². The lowest BCUT2D eigenvalue weighted by molar-refractivity contribution is 0.866. The van der Waals surface area contributed by atoms with Gasteiger partial charge in [-0.05, 0) is 149 Å². The number of anilines is 6. The third-order valence-corrected chi connectivity index (χ3v) is 15.8. The standard InChI is InChI=1S/C66H60N4/c1-39(2)43-15-23-47(24-16-43)67(48-25-17-44(18-26-48)40(3)4)51-31-33-53-55-11-9-13-57-59-38-64-60(37-63(59)69(65(55)57)61(53)35-51)58-14-10-12-56-54-34-32-52(36-62(54)70(64)66(56)58)68(49-27-19-45(20-28-49)41(5)6)50-29-21-46(22-30-50)42(7)8/h9,11-13,15-42H,10,14H2,1-8H3. The minimum atomic E-state index is 0.468. The minimum Gasteiger partial charge on any atom is -0.310 e. The second-order valence-electron chi connectivity index (χ2n) is 21.3. The van der Waals surface area contributed by atoms with Gasteiger partial charge in [0, 0.05) is 71.7 Å². The normalized spacial score (nSPS) is 13.1. The van der Waals surface area contributed by atoms with Crippen molar-refractivity contribution in [3.63, 3.8) is 0 Å². The molecule has 1 aliphatic rings. The van der Waals surface area contributed by atoms with E-state index in [4.69, 9.17) is 0 Å². The van der Waals surface area contributed by atoms with Gasteiger partial charge in [-0.2, -0.15) is 0 Å². The Morgan fingerprint density at radius 3 is 1.19 bits per heavy atom. The van der Waals surface area contributed by atoms with Crippen LogP contribution in [0.4, 0.5) is 34.1 Å². The summed E-state index contributed by atoms with van der Waals surface area (Å²) in [7, 11) is 0. The van der Waals surface area contributed by atoms with Crippen molar-refractivity contribution in [1.29, 1.82) is 0 Å². The van der Waals surface area contributed by atoms with Gasteiger partial charge in [-0.25, -0.2) is 0 Å². The van der Waals surface area contributed by atoms with Crippen LogP contribution < -0.4 is 15.0 Å². The molecule has 13 rings (SSSR count). The van der Waals surface area contributed by atoms with E-state index in [1.54, 1.807) is 0 Å². The van der Waals surface area contributed by atoms with Gasteiger partial charge in [0.15, 0.2) is 0 Å². The minimum absolute atomic E-state index is 0.468. The molecule has 0 aliphatic heterocycles. The van der Waals surface area contributed by atoms with Crippen molar-refractivity contribution in [1.82, 2.24) is 8.80 Å². The molecule has 344 valence electrons. The molecule has 0 fully saturated rings. The van der Waals surface area contributed by atoms with Crippen molar-refractivity contribution in [3.8, 4) is 0 Å². The third-order valence-electron chi connectivity index (χ3n) is 15.8. The Morgan fingerprint density at radius 2 is 0.714 bits per heavy atom. The molecule has 0 spiro atoms. The van der Waals surface area contributed by atoms with Gasteiger partial charge < -0.3 is 18.6 Å². The van der Waals surface area contributed by atoms with Crippen LogP contribution in [0.2, 0.25) is 0 Å². The van der Waals surface area contributed by atoms with Gasteiger partial charge in [-0.1, -0.05) is 140 Å². The van der Waals surface area contributed by atoms with Crippen molar-refractivity contribution >= 4 is 106 Å². The first-order valence-electron chi connectivity index (χ1n) is 25.7. The highest BCUT2D eigenvalue weighted by Gasteiger charge is 2.26. The lowest BCUT2D eigenvalue weighted by atomic mass is 9.99. The fraction of sp³-hybridized carbons (Fsp3) is 0.212. The van der Waals surface area contributed by atoms with Crippen molar-refractivity contribution in [3.05, 3.63) is 197 Å².